The predicted molar refractivity (Wildman–Crippen MR) is 81.5 cm³/mol. The number of hydrogen-bond donors (Lipinski definition) is 2. The van der Waals surface area contributed by atoms with Crippen LogP contribution < -0.4 is 10.5 Å². The lowest BCUT2D eigenvalue weighted by Gasteiger charge is -2.31. The van der Waals surface area contributed by atoms with Crippen molar-refractivity contribution in [2.75, 3.05) is 6.54 Å². The molecule has 118 valence electrons. The maximum atomic E-state index is 13.2. The Bertz CT molecular complexity index is 602. The standard InChI is InChI=1S/C13H17Cl2FN2O2S/c14-10-5-9(16)6-11(15)13(10)21(19,20)18-12-4-2-1-3-8(12)7-17/h5-6,8,12,18H,1-4,7,17H2. The van der Waals surface area contributed by atoms with Crippen molar-refractivity contribution in [3.8, 4) is 0 Å². The van der Waals surface area contributed by atoms with Crippen LogP contribution in [0.1, 0.15) is 25.7 Å². The van der Waals surface area contributed by atoms with E-state index in [9.17, 15) is 12.8 Å². The van der Waals surface area contributed by atoms with Gasteiger partial charge >= 0.3 is 0 Å². The minimum Gasteiger partial charge on any atom is -0.330 e. The van der Waals surface area contributed by atoms with Crippen LogP contribution in [0.25, 0.3) is 0 Å². The van der Waals surface area contributed by atoms with Crippen molar-refractivity contribution < 1.29 is 12.8 Å². The lowest BCUT2D eigenvalue weighted by molar-refractivity contribution is 0.296. The molecule has 0 aliphatic heterocycles. The van der Waals surface area contributed by atoms with Gasteiger partial charge in [-0.15, -0.1) is 0 Å². The van der Waals surface area contributed by atoms with Crippen molar-refractivity contribution >= 4 is 33.2 Å². The molecule has 0 bridgehead atoms. The van der Waals surface area contributed by atoms with E-state index in [-0.39, 0.29) is 26.9 Å². The summed E-state index contributed by atoms with van der Waals surface area (Å²) < 4.78 is 40.7. The first-order valence-electron chi connectivity index (χ1n) is 6.72. The van der Waals surface area contributed by atoms with E-state index >= 15 is 0 Å². The maximum absolute atomic E-state index is 13.2. The first-order valence-corrected chi connectivity index (χ1v) is 8.96. The van der Waals surface area contributed by atoms with Gasteiger partial charge in [-0.1, -0.05) is 36.0 Å². The van der Waals surface area contributed by atoms with Crippen LogP contribution >= 0.6 is 23.2 Å². The molecule has 1 aliphatic carbocycles. The zero-order valence-corrected chi connectivity index (χ0v) is 13.6. The summed E-state index contributed by atoms with van der Waals surface area (Å²) in [6, 6.07) is 1.62. The van der Waals surface area contributed by atoms with E-state index in [0.717, 1.165) is 37.8 Å². The number of rotatable bonds is 4. The lowest BCUT2D eigenvalue weighted by atomic mass is 9.85. The van der Waals surface area contributed by atoms with Crippen LogP contribution in [0, 0.1) is 11.7 Å². The minimum absolute atomic E-state index is 0.0894. The van der Waals surface area contributed by atoms with Gasteiger partial charge in [0, 0.05) is 6.04 Å². The minimum atomic E-state index is -3.92. The fraction of sp³-hybridized carbons (Fsp3) is 0.538. The molecule has 2 atom stereocenters. The SMILES string of the molecule is NCC1CCCCC1NS(=O)(=O)c1c(Cl)cc(F)cc1Cl. The summed E-state index contributed by atoms with van der Waals surface area (Å²) in [6.45, 7) is 0.415. The Morgan fingerprint density at radius 2 is 1.81 bits per heavy atom. The average molecular weight is 355 g/mol. The summed E-state index contributed by atoms with van der Waals surface area (Å²) in [5.74, 6) is -0.590. The molecule has 8 heteroatoms. The lowest BCUT2D eigenvalue weighted by Crippen LogP contribution is -2.44. The largest absolute Gasteiger partial charge is 0.330 e. The summed E-state index contributed by atoms with van der Waals surface area (Å²) in [7, 11) is -3.92. The zero-order valence-electron chi connectivity index (χ0n) is 11.3. The molecular weight excluding hydrogens is 338 g/mol. The van der Waals surface area contributed by atoms with Gasteiger partial charge in [-0.2, -0.15) is 0 Å². The van der Waals surface area contributed by atoms with Gasteiger partial charge in [-0.05, 0) is 37.4 Å². The van der Waals surface area contributed by atoms with Crippen LogP contribution in [0.5, 0.6) is 0 Å². The van der Waals surface area contributed by atoms with Gasteiger partial charge in [-0.3, -0.25) is 0 Å². The van der Waals surface area contributed by atoms with Gasteiger partial charge in [0.15, 0.2) is 0 Å². The normalized spacial score (nSPS) is 23.2. The topological polar surface area (TPSA) is 72.2 Å². The quantitative estimate of drug-likeness (QED) is 0.872. The van der Waals surface area contributed by atoms with Crippen LogP contribution in [0.15, 0.2) is 17.0 Å². The van der Waals surface area contributed by atoms with Gasteiger partial charge < -0.3 is 5.73 Å². The van der Waals surface area contributed by atoms with E-state index < -0.39 is 15.8 Å². The van der Waals surface area contributed by atoms with Gasteiger partial charge in [0.2, 0.25) is 10.0 Å². The fourth-order valence-electron chi connectivity index (χ4n) is 2.69. The summed E-state index contributed by atoms with van der Waals surface area (Å²) in [5, 5.41) is -0.458. The molecule has 0 amide bonds. The Balaban J connectivity index is 2.30. The number of benzene rings is 1. The summed E-state index contributed by atoms with van der Waals surface area (Å²) in [6.07, 6.45) is 3.58. The van der Waals surface area contributed by atoms with Crippen molar-refractivity contribution in [1.82, 2.24) is 4.72 Å². The Kier molecular flexibility index (Phi) is 5.48. The van der Waals surface area contributed by atoms with Gasteiger partial charge in [0.1, 0.15) is 10.7 Å². The highest BCUT2D eigenvalue weighted by molar-refractivity contribution is 7.89. The molecule has 0 saturated heterocycles. The second kappa shape index (κ2) is 6.79. The van der Waals surface area contributed by atoms with Crippen LogP contribution in [-0.2, 0) is 10.0 Å². The molecule has 4 nitrogen and oxygen atoms in total. The number of hydrogen-bond acceptors (Lipinski definition) is 3. The Morgan fingerprint density at radius 3 is 2.38 bits per heavy atom. The van der Waals surface area contributed by atoms with Crippen molar-refractivity contribution in [3.05, 3.63) is 28.0 Å². The van der Waals surface area contributed by atoms with E-state index in [2.05, 4.69) is 4.72 Å². The maximum Gasteiger partial charge on any atom is 0.243 e. The molecule has 21 heavy (non-hydrogen) atoms. The smallest absolute Gasteiger partial charge is 0.243 e. The molecular formula is C13H17Cl2FN2O2S. The number of nitrogens with one attached hydrogen (secondary N) is 1. The fourth-order valence-corrected chi connectivity index (χ4v) is 5.22. The molecule has 1 aromatic rings. The van der Waals surface area contributed by atoms with Crippen molar-refractivity contribution in [1.29, 1.82) is 0 Å². The van der Waals surface area contributed by atoms with Gasteiger partial charge in [-0.25, -0.2) is 17.5 Å². The van der Waals surface area contributed by atoms with Crippen molar-refractivity contribution in [3.63, 3.8) is 0 Å². The first kappa shape index (κ1) is 17.0. The molecule has 2 rings (SSSR count). The van der Waals surface area contributed by atoms with Crippen LogP contribution in [0.3, 0.4) is 0 Å². The number of halogens is 3. The predicted octanol–water partition coefficient (Wildman–Crippen LogP) is 2.93. The van der Waals surface area contributed by atoms with Crippen LogP contribution in [0.4, 0.5) is 4.39 Å². The highest BCUT2D eigenvalue weighted by Gasteiger charge is 2.31. The van der Waals surface area contributed by atoms with Crippen LogP contribution in [0.2, 0.25) is 10.0 Å². The monoisotopic (exact) mass is 354 g/mol. The van der Waals surface area contributed by atoms with Crippen molar-refractivity contribution in [2.45, 2.75) is 36.6 Å². The third kappa shape index (κ3) is 3.87. The first-order chi connectivity index (χ1) is 9.85. The van der Waals surface area contributed by atoms with Gasteiger partial charge in [0.05, 0.1) is 10.0 Å². The van der Waals surface area contributed by atoms with E-state index in [0.29, 0.717) is 6.54 Å². The highest BCUT2D eigenvalue weighted by atomic mass is 35.5. The molecule has 1 saturated carbocycles. The van der Waals surface area contributed by atoms with Crippen molar-refractivity contribution in [2.24, 2.45) is 11.7 Å². The second-order valence-electron chi connectivity index (χ2n) is 5.21. The third-order valence-electron chi connectivity index (χ3n) is 3.75. The van der Waals surface area contributed by atoms with Gasteiger partial charge in [0.25, 0.3) is 0 Å². The summed E-state index contributed by atoms with van der Waals surface area (Å²) >= 11 is 11.7. The van der Waals surface area contributed by atoms with E-state index in [1.54, 1.807) is 0 Å². The highest BCUT2D eigenvalue weighted by Crippen LogP contribution is 2.32. The molecule has 2 unspecified atom stereocenters. The molecule has 3 N–H and O–H groups in total. The molecule has 0 radical (unpaired) electrons. The summed E-state index contributed by atoms with van der Waals surface area (Å²) in [5.41, 5.74) is 5.69. The molecule has 1 aliphatic rings. The number of sulfonamides is 1. The molecule has 1 fully saturated rings. The summed E-state index contributed by atoms with van der Waals surface area (Å²) in [4.78, 5) is -0.284. The molecule has 0 heterocycles. The molecule has 0 aromatic heterocycles. The second-order valence-corrected chi connectivity index (χ2v) is 7.67. The third-order valence-corrected chi connectivity index (χ3v) is 6.16. The van der Waals surface area contributed by atoms with Crippen LogP contribution in [-0.4, -0.2) is 21.0 Å². The molecule has 0 spiro atoms. The zero-order chi connectivity index (χ0) is 15.6. The average Bonchev–Trinajstić information content (AvgIpc) is 2.37. The molecule has 1 aromatic carbocycles. The number of nitrogens with two attached hydrogens (primary N) is 1. The van der Waals surface area contributed by atoms with E-state index in [4.69, 9.17) is 28.9 Å². The Hall–Kier alpha value is -0.400. The Morgan fingerprint density at radius 1 is 1.24 bits per heavy atom. The van der Waals surface area contributed by atoms with E-state index in [1.165, 1.54) is 0 Å². The Labute approximate surface area is 133 Å². The van der Waals surface area contributed by atoms with E-state index in [1.807, 2.05) is 0 Å².